The minimum Gasteiger partial charge on any atom is -0.280 e. The van der Waals surface area contributed by atoms with E-state index in [9.17, 15) is 26.9 Å². The summed E-state index contributed by atoms with van der Waals surface area (Å²) in [7, 11) is -7.66. The third-order valence-electron chi connectivity index (χ3n) is 5.45. The predicted octanol–water partition coefficient (Wildman–Crippen LogP) is 3.45. The molecule has 3 aromatic rings. The third-order valence-corrected chi connectivity index (χ3v) is 8.71. The van der Waals surface area contributed by atoms with Gasteiger partial charge < -0.3 is 0 Å². The lowest BCUT2D eigenvalue weighted by atomic mass is 10.0. The molecule has 1 heterocycles. The molecule has 0 spiro atoms. The molecule has 0 amide bonds. The molecule has 0 unspecified atom stereocenters. The fraction of sp³-hybridized carbons (Fsp3) is 0.182. The van der Waals surface area contributed by atoms with Crippen molar-refractivity contribution >= 4 is 31.4 Å². The summed E-state index contributed by atoms with van der Waals surface area (Å²) in [5.41, 5.74) is 2.69. The highest BCUT2D eigenvalue weighted by molar-refractivity contribution is 7.92. The summed E-state index contributed by atoms with van der Waals surface area (Å²) in [5.74, 6) is 0. The van der Waals surface area contributed by atoms with Crippen LogP contribution in [0.4, 0.5) is 11.4 Å². The first-order valence-corrected chi connectivity index (χ1v) is 12.9. The van der Waals surface area contributed by atoms with Crippen molar-refractivity contribution in [3.8, 4) is 0 Å². The van der Waals surface area contributed by atoms with Crippen molar-refractivity contribution in [2.75, 3.05) is 11.3 Å². The van der Waals surface area contributed by atoms with Gasteiger partial charge in [-0.3, -0.25) is 14.8 Å². The van der Waals surface area contributed by atoms with Gasteiger partial charge in [-0.1, -0.05) is 23.8 Å². The van der Waals surface area contributed by atoms with Gasteiger partial charge in [-0.05, 0) is 60.9 Å². The predicted molar refractivity (Wildman–Crippen MR) is 123 cm³/mol. The summed E-state index contributed by atoms with van der Waals surface area (Å²) in [4.78, 5) is 10.3. The molecule has 1 aliphatic heterocycles. The number of anilines is 1. The second-order valence-corrected chi connectivity index (χ2v) is 11.4. The summed E-state index contributed by atoms with van der Waals surface area (Å²) in [6, 6.07) is 16.2. The topological polar surface area (TPSA) is 127 Å². The maximum Gasteiger partial charge on any atom is 0.269 e. The molecule has 0 aliphatic carbocycles. The lowest BCUT2D eigenvalue weighted by Crippen LogP contribution is -2.36. The minimum absolute atomic E-state index is 0.116. The number of non-ortho nitro benzene ring substituents is 1. The molecule has 1 N–H and O–H groups in total. The number of nitrogens with zero attached hydrogens (tertiary/aromatic N) is 2. The van der Waals surface area contributed by atoms with E-state index in [1.54, 1.807) is 42.5 Å². The highest BCUT2D eigenvalue weighted by Crippen LogP contribution is 2.28. The van der Waals surface area contributed by atoms with E-state index >= 15 is 0 Å². The van der Waals surface area contributed by atoms with Crippen LogP contribution in [0.25, 0.3) is 0 Å². The third kappa shape index (κ3) is 4.75. The van der Waals surface area contributed by atoms with Crippen LogP contribution in [0.1, 0.15) is 16.7 Å². The van der Waals surface area contributed by atoms with Crippen molar-refractivity contribution in [2.24, 2.45) is 0 Å². The van der Waals surface area contributed by atoms with Gasteiger partial charge >= 0.3 is 0 Å². The van der Waals surface area contributed by atoms with Crippen molar-refractivity contribution in [3.05, 3.63) is 93.5 Å². The number of hydrogen-bond acceptors (Lipinski definition) is 6. The molecule has 9 nitrogen and oxygen atoms in total. The zero-order valence-corrected chi connectivity index (χ0v) is 19.3. The first-order valence-electron chi connectivity index (χ1n) is 10.0. The van der Waals surface area contributed by atoms with Crippen molar-refractivity contribution in [2.45, 2.75) is 29.7 Å². The van der Waals surface area contributed by atoms with Crippen LogP contribution < -0.4 is 4.72 Å². The molecule has 0 saturated carbocycles. The standard InChI is InChI=1S/C22H21N3O6S2/c1-16-2-8-22(9-3-16)33(30,31)24-13-12-17-4-5-19(14-18(17)15-24)23-32(28,29)21-10-6-20(7-11-21)25(26)27/h2-11,14,23H,12-13,15H2,1H3. The van der Waals surface area contributed by atoms with Crippen molar-refractivity contribution in [1.82, 2.24) is 4.31 Å². The molecule has 0 atom stereocenters. The van der Waals surface area contributed by atoms with Gasteiger partial charge in [0.2, 0.25) is 10.0 Å². The highest BCUT2D eigenvalue weighted by atomic mass is 32.2. The smallest absolute Gasteiger partial charge is 0.269 e. The van der Waals surface area contributed by atoms with Gasteiger partial charge in [0.1, 0.15) is 0 Å². The number of nitro benzene ring substituents is 1. The normalized spacial score (nSPS) is 14.5. The summed E-state index contributed by atoms with van der Waals surface area (Å²) >= 11 is 0. The van der Waals surface area contributed by atoms with Gasteiger partial charge in [0.15, 0.2) is 0 Å². The number of nitro groups is 1. The van der Waals surface area contributed by atoms with Gasteiger partial charge in [0, 0.05) is 30.9 Å². The number of rotatable bonds is 6. The Morgan fingerprint density at radius 2 is 1.52 bits per heavy atom. The fourth-order valence-corrected chi connectivity index (χ4v) is 6.09. The zero-order chi connectivity index (χ0) is 23.8. The quantitative estimate of drug-likeness (QED) is 0.419. The van der Waals surface area contributed by atoms with Gasteiger partial charge in [0.25, 0.3) is 15.7 Å². The Morgan fingerprint density at radius 1 is 0.879 bits per heavy atom. The molecule has 1 aliphatic rings. The van der Waals surface area contributed by atoms with Crippen molar-refractivity contribution in [1.29, 1.82) is 0 Å². The Morgan fingerprint density at radius 3 is 2.15 bits per heavy atom. The number of benzene rings is 3. The van der Waals surface area contributed by atoms with Crippen LogP contribution in [0.15, 0.2) is 76.5 Å². The van der Waals surface area contributed by atoms with E-state index in [0.717, 1.165) is 35.4 Å². The average molecular weight is 488 g/mol. The number of fused-ring (bicyclic) bond motifs is 1. The average Bonchev–Trinajstić information content (AvgIpc) is 2.78. The number of hydrogen-bond donors (Lipinski definition) is 1. The minimum atomic E-state index is -3.98. The zero-order valence-electron chi connectivity index (χ0n) is 17.6. The van der Waals surface area contributed by atoms with Crippen LogP contribution in [-0.2, 0) is 33.0 Å². The van der Waals surface area contributed by atoms with E-state index in [2.05, 4.69) is 4.72 Å². The summed E-state index contributed by atoms with van der Waals surface area (Å²) in [6.45, 7) is 2.34. The van der Waals surface area contributed by atoms with Crippen LogP contribution in [0.2, 0.25) is 0 Å². The van der Waals surface area contributed by atoms with E-state index in [1.165, 1.54) is 4.31 Å². The Labute approximate surface area is 191 Å². The van der Waals surface area contributed by atoms with Gasteiger partial charge in [-0.15, -0.1) is 0 Å². The number of sulfonamides is 2. The first kappa shape index (κ1) is 22.9. The summed E-state index contributed by atoms with van der Waals surface area (Å²) in [6.07, 6.45) is 0.510. The largest absolute Gasteiger partial charge is 0.280 e. The van der Waals surface area contributed by atoms with Gasteiger partial charge in [-0.2, -0.15) is 4.31 Å². The molecular formula is C22H21N3O6S2. The number of aryl methyl sites for hydroxylation is 1. The molecular weight excluding hydrogens is 466 g/mol. The second-order valence-electron chi connectivity index (χ2n) is 7.74. The molecule has 4 rings (SSSR count). The Kier molecular flexibility index (Phi) is 5.95. The Balaban J connectivity index is 1.56. The van der Waals surface area contributed by atoms with E-state index in [0.29, 0.717) is 18.5 Å². The highest BCUT2D eigenvalue weighted by Gasteiger charge is 2.28. The molecule has 0 radical (unpaired) electrons. The fourth-order valence-electron chi connectivity index (χ4n) is 3.62. The lowest BCUT2D eigenvalue weighted by molar-refractivity contribution is -0.384. The molecule has 172 valence electrons. The van der Waals surface area contributed by atoms with E-state index in [4.69, 9.17) is 0 Å². The second kappa shape index (κ2) is 8.58. The van der Waals surface area contributed by atoms with Crippen LogP contribution in [-0.4, -0.2) is 32.6 Å². The SMILES string of the molecule is Cc1ccc(S(=O)(=O)N2CCc3ccc(NS(=O)(=O)c4ccc([N+](=O)[O-])cc4)cc3C2)cc1. The molecule has 0 bridgehead atoms. The molecule has 0 aromatic heterocycles. The van der Waals surface area contributed by atoms with Crippen LogP contribution in [0, 0.1) is 17.0 Å². The van der Waals surface area contributed by atoms with E-state index in [1.807, 2.05) is 6.92 Å². The Hall–Kier alpha value is -3.28. The van der Waals surface area contributed by atoms with Crippen LogP contribution in [0.5, 0.6) is 0 Å². The molecule has 0 fully saturated rings. The molecule has 11 heteroatoms. The molecule has 3 aromatic carbocycles. The van der Waals surface area contributed by atoms with Gasteiger partial charge in [-0.25, -0.2) is 16.8 Å². The lowest BCUT2D eigenvalue weighted by Gasteiger charge is -2.28. The first-order chi connectivity index (χ1) is 15.6. The van der Waals surface area contributed by atoms with E-state index < -0.39 is 25.0 Å². The van der Waals surface area contributed by atoms with Crippen molar-refractivity contribution in [3.63, 3.8) is 0 Å². The monoisotopic (exact) mass is 487 g/mol. The maximum absolute atomic E-state index is 13.0. The van der Waals surface area contributed by atoms with Crippen molar-refractivity contribution < 1.29 is 21.8 Å². The summed E-state index contributed by atoms with van der Waals surface area (Å²) in [5, 5.41) is 10.8. The Bertz CT molecular complexity index is 1420. The van der Waals surface area contributed by atoms with Gasteiger partial charge in [0.05, 0.1) is 14.7 Å². The van der Waals surface area contributed by atoms with Crippen LogP contribution >= 0.6 is 0 Å². The number of nitrogens with one attached hydrogen (secondary N) is 1. The molecule has 0 saturated heterocycles. The maximum atomic E-state index is 13.0. The molecule has 33 heavy (non-hydrogen) atoms. The summed E-state index contributed by atoms with van der Waals surface area (Å²) < 4.78 is 55.3. The van der Waals surface area contributed by atoms with E-state index in [-0.39, 0.29) is 27.7 Å². The van der Waals surface area contributed by atoms with Crippen LogP contribution in [0.3, 0.4) is 0 Å².